The third-order valence-electron chi connectivity index (χ3n) is 6.16. The topological polar surface area (TPSA) is 67.2 Å². The number of hydrogen-bond donors (Lipinski definition) is 1. The standard InChI is InChI=1S/C25H25ClN4O2/c26-19-10-8-17(9-11-19)23-22(16-30(28-23)21-4-2-1-3-5-21)25(32)29-14-12-20(13-15-29)27-24(31)18-6-7-18/h1-5,8-11,16,18,20H,6-7,12-15H2,(H,27,31). The molecule has 0 bridgehead atoms. The second kappa shape index (κ2) is 8.79. The van der Waals surface area contributed by atoms with Gasteiger partial charge in [-0.25, -0.2) is 4.68 Å². The molecule has 3 aromatic rings. The number of halogens is 1. The molecule has 2 aromatic carbocycles. The van der Waals surface area contributed by atoms with Gasteiger partial charge in [-0.1, -0.05) is 41.9 Å². The van der Waals surface area contributed by atoms with Crippen molar-refractivity contribution in [2.45, 2.75) is 31.7 Å². The van der Waals surface area contributed by atoms with Gasteiger partial charge in [0.25, 0.3) is 5.91 Å². The minimum Gasteiger partial charge on any atom is -0.353 e. The van der Waals surface area contributed by atoms with E-state index in [9.17, 15) is 9.59 Å². The molecule has 1 N–H and O–H groups in total. The van der Waals surface area contributed by atoms with Gasteiger partial charge in [-0.05, 0) is 49.9 Å². The summed E-state index contributed by atoms with van der Waals surface area (Å²) in [6.45, 7) is 1.23. The Morgan fingerprint density at radius 2 is 1.62 bits per heavy atom. The van der Waals surface area contributed by atoms with Gasteiger partial charge in [-0.2, -0.15) is 5.10 Å². The maximum atomic E-state index is 13.5. The van der Waals surface area contributed by atoms with E-state index < -0.39 is 0 Å². The van der Waals surface area contributed by atoms with Crippen LogP contribution in [0.1, 0.15) is 36.0 Å². The number of nitrogens with zero attached hydrogens (tertiary/aromatic N) is 3. The first-order valence-corrected chi connectivity index (χ1v) is 11.5. The predicted molar refractivity (Wildman–Crippen MR) is 124 cm³/mol. The highest BCUT2D eigenvalue weighted by Crippen LogP contribution is 2.30. The summed E-state index contributed by atoms with van der Waals surface area (Å²) in [5.41, 5.74) is 2.94. The van der Waals surface area contributed by atoms with Crippen LogP contribution >= 0.6 is 11.6 Å². The molecule has 0 spiro atoms. The second-order valence-corrected chi connectivity index (χ2v) is 8.96. The van der Waals surface area contributed by atoms with Crippen LogP contribution < -0.4 is 5.32 Å². The smallest absolute Gasteiger partial charge is 0.257 e. The van der Waals surface area contributed by atoms with E-state index >= 15 is 0 Å². The highest BCUT2D eigenvalue weighted by atomic mass is 35.5. The molecule has 2 heterocycles. The van der Waals surface area contributed by atoms with Crippen LogP contribution in [0.3, 0.4) is 0 Å². The van der Waals surface area contributed by atoms with Crippen LogP contribution in [0, 0.1) is 5.92 Å². The summed E-state index contributed by atoms with van der Waals surface area (Å²) in [6, 6.07) is 17.3. The molecule has 7 heteroatoms. The van der Waals surface area contributed by atoms with Crippen LogP contribution in [0.15, 0.2) is 60.8 Å². The molecular formula is C25H25ClN4O2. The lowest BCUT2D eigenvalue weighted by molar-refractivity contribution is -0.123. The third-order valence-corrected chi connectivity index (χ3v) is 6.41. The molecule has 0 unspecified atom stereocenters. The summed E-state index contributed by atoms with van der Waals surface area (Å²) in [4.78, 5) is 27.4. The minimum absolute atomic E-state index is 0.0379. The molecule has 1 saturated heterocycles. The molecule has 0 atom stereocenters. The molecule has 32 heavy (non-hydrogen) atoms. The summed E-state index contributed by atoms with van der Waals surface area (Å²) < 4.78 is 1.75. The van der Waals surface area contributed by atoms with E-state index in [-0.39, 0.29) is 23.8 Å². The van der Waals surface area contributed by atoms with Gasteiger partial charge in [-0.15, -0.1) is 0 Å². The van der Waals surface area contributed by atoms with Crippen molar-refractivity contribution in [3.8, 4) is 16.9 Å². The van der Waals surface area contributed by atoms with Gasteiger partial charge < -0.3 is 10.2 Å². The van der Waals surface area contributed by atoms with Crippen molar-refractivity contribution in [2.24, 2.45) is 5.92 Å². The quantitative estimate of drug-likeness (QED) is 0.632. The Labute approximate surface area is 192 Å². The number of carbonyl (C=O) groups is 2. The maximum Gasteiger partial charge on any atom is 0.257 e. The molecule has 1 saturated carbocycles. The fourth-order valence-corrected chi connectivity index (χ4v) is 4.25. The van der Waals surface area contributed by atoms with Gasteiger partial charge in [0.05, 0.1) is 11.3 Å². The Hall–Kier alpha value is -3.12. The number of piperidine rings is 1. The lowest BCUT2D eigenvalue weighted by atomic mass is 10.0. The van der Waals surface area contributed by atoms with E-state index in [1.807, 2.05) is 53.6 Å². The lowest BCUT2D eigenvalue weighted by Gasteiger charge is -2.32. The first-order chi connectivity index (χ1) is 15.6. The zero-order valence-corrected chi connectivity index (χ0v) is 18.5. The zero-order chi connectivity index (χ0) is 22.1. The monoisotopic (exact) mass is 448 g/mol. The number of hydrogen-bond acceptors (Lipinski definition) is 3. The van der Waals surface area contributed by atoms with Gasteiger partial charge in [0.2, 0.25) is 5.91 Å². The first-order valence-electron chi connectivity index (χ1n) is 11.1. The maximum absolute atomic E-state index is 13.5. The molecule has 5 rings (SSSR count). The van der Waals surface area contributed by atoms with E-state index in [0.29, 0.717) is 29.4 Å². The van der Waals surface area contributed by atoms with Crippen LogP contribution in [-0.2, 0) is 4.79 Å². The molecule has 1 aliphatic heterocycles. The summed E-state index contributed by atoms with van der Waals surface area (Å²) in [5, 5.41) is 8.53. The Morgan fingerprint density at radius 3 is 2.28 bits per heavy atom. The number of amides is 2. The molecule has 0 radical (unpaired) electrons. The molecule has 2 amide bonds. The molecular weight excluding hydrogens is 424 g/mol. The van der Waals surface area contributed by atoms with Crippen LogP contribution in [-0.4, -0.2) is 45.6 Å². The van der Waals surface area contributed by atoms with E-state index in [1.54, 1.807) is 16.8 Å². The normalized spacial score (nSPS) is 16.7. The van der Waals surface area contributed by atoms with E-state index in [1.165, 1.54) is 0 Å². The molecule has 2 aliphatic rings. The van der Waals surface area contributed by atoms with Crippen LogP contribution in [0.5, 0.6) is 0 Å². The molecule has 2 fully saturated rings. The highest BCUT2D eigenvalue weighted by molar-refractivity contribution is 6.30. The Balaban J connectivity index is 1.38. The van der Waals surface area contributed by atoms with Crippen LogP contribution in [0.2, 0.25) is 5.02 Å². The number of rotatable bonds is 5. The minimum atomic E-state index is -0.0379. The van der Waals surface area contributed by atoms with Crippen molar-refractivity contribution in [3.05, 3.63) is 71.4 Å². The van der Waals surface area contributed by atoms with Gasteiger partial charge in [0.1, 0.15) is 5.69 Å². The largest absolute Gasteiger partial charge is 0.353 e. The first kappa shape index (κ1) is 20.8. The van der Waals surface area contributed by atoms with Crippen molar-refractivity contribution in [3.63, 3.8) is 0 Å². The van der Waals surface area contributed by atoms with Crippen molar-refractivity contribution in [1.82, 2.24) is 20.0 Å². The van der Waals surface area contributed by atoms with Crippen molar-refractivity contribution in [2.75, 3.05) is 13.1 Å². The molecule has 1 aromatic heterocycles. The Bertz CT molecular complexity index is 1110. The fraction of sp³-hybridized carbons (Fsp3) is 0.320. The molecule has 164 valence electrons. The Morgan fingerprint density at radius 1 is 0.938 bits per heavy atom. The third kappa shape index (κ3) is 4.41. The SMILES string of the molecule is O=C(NC1CCN(C(=O)c2cn(-c3ccccc3)nc2-c2ccc(Cl)cc2)CC1)C1CC1. The summed E-state index contributed by atoms with van der Waals surface area (Å²) >= 11 is 6.07. The number of para-hydroxylation sites is 1. The second-order valence-electron chi connectivity index (χ2n) is 8.53. The van der Waals surface area contributed by atoms with Gasteiger partial charge in [0, 0.05) is 41.8 Å². The number of nitrogens with one attached hydrogen (secondary N) is 1. The fourth-order valence-electron chi connectivity index (χ4n) is 4.13. The van der Waals surface area contributed by atoms with E-state index in [2.05, 4.69) is 5.32 Å². The average molecular weight is 449 g/mol. The lowest BCUT2D eigenvalue weighted by Crippen LogP contribution is -2.47. The zero-order valence-electron chi connectivity index (χ0n) is 17.7. The number of aromatic nitrogens is 2. The predicted octanol–water partition coefficient (Wildman–Crippen LogP) is 4.32. The average Bonchev–Trinajstić information content (AvgIpc) is 3.59. The number of likely N-dealkylation sites (tertiary alicyclic amines) is 1. The number of carbonyl (C=O) groups excluding carboxylic acids is 2. The summed E-state index contributed by atoms with van der Waals surface area (Å²) in [7, 11) is 0. The Kier molecular flexibility index (Phi) is 5.70. The van der Waals surface area contributed by atoms with Gasteiger partial charge in [0.15, 0.2) is 0 Å². The number of benzene rings is 2. The van der Waals surface area contributed by atoms with Gasteiger partial charge in [-0.3, -0.25) is 9.59 Å². The van der Waals surface area contributed by atoms with Crippen molar-refractivity contribution < 1.29 is 9.59 Å². The van der Waals surface area contributed by atoms with Crippen molar-refractivity contribution in [1.29, 1.82) is 0 Å². The molecule has 6 nitrogen and oxygen atoms in total. The van der Waals surface area contributed by atoms with Gasteiger partial charge >= 0.3 is 0 Å². The van der Waals surface area contributed by atoms with E-state index in [0.717, 1.165) is 36.9 Å². The van der Waals surface area contributed by atoms with Crippen LogP contribution in [0.25, 0.3) is 16.9 Å². The molecule has 1 aliphatic carbocycles. The van der Waals surface area contributed by atoms with Crippen molar-refractivity contribution >= 4 is 23.4 Å². The van der Waals surface area contributed by atoms with Crippen LogP contribution in [0.4, 0.5) is 0 Å². The highest BCUT2D eigenvalue weighted by Gasteiger charge is 2.33. The van der Waals surface area contributed by atoms with E-state index in [4.69, 9.17) is 16.7 Å². The summed E-state index contributed by atoms with van der Waals surface area (Å²) in [5.74, 6) is 0.341. The summed E-state index contributed by atoms with van der Waals surface area (Å²) in [6.07, 6.45) is 5.35.